The number of rotatable bonds is 10. The summed E-state index contributed by atoms with van der Waals surface area (Å²) in [6.45, 7) is 0. The van der Waals surface area contributed by atoms with Crippen LogP contribution in [0, 0.1) is 0 Å². The first-order valence-corrected chi connectivity index (χ1v) is 24.4. The van der Waals surface area contributed by atoms with Crippen LogP contribution in [0.1, 0.15) is 0 Å². The van der Waals surface area contributed by atoms with E-state index in [0.717, 1.165) is 11.0 Å². The van der Waals surface area contributed by atoms with Gasteiger partial charge in [-0.1, -0.05) is 0 Å². The van der Waals surface area contributed by atoms with Gasteiger partial charge in [0.15, 0.2) is 0 Å². The van der Waals surface area contributed by atoms with E-state index in [1.807, 2.05) is 0 Å². The Morgan fingerprint density at radius 3 is 0.628 bits per heavy atom. The summed E-state index contributed by atoms with van der Waals surface area (Å²) >= 11 is 11.4. The van der Waals surface area contributed by atoms with E-state index in [9.17, 15) is 0 Å². The standard InChI is InChI=1S/C38H34Br2P2S/c39-41(33-19-7-1-8-20-33,34-21-9-2-10-22-34,35-23-11-3-12-24-35)31-43-32-42(40,36-25-13-4-14-26-36,37-27-15-5-16-28-37)38-29-17-6-18-30-38/h1-30H,31-32H2. The molecule has 0 radical (unpaired) electrons. The van der Waals surface area contributed by atoms with E-state index in [0.29, 0.717) is 0 Å². The second kappa shape index (κ2) is 12.5. The average Bonchev–Trinajstić information content (AvgIpc) is 3.10. The minimum atomic E-state index is -3.11. The van der Waals surface area contributed by atoms with Crippen molar-refractivity contribution in [2.45, 2.75) is 0 Å². The molecule has 43 heavy (non-hydrogen) atoms. The van der Waals surface area contributed by atoms with Gasteiger partial charge in [0, 0.05) is 0 Å². The molecule has 0 aliphatic carbocycles. The van der Waals surface area contributed by atoms with E-state index >= 15 is 0 Å². The second-order valence-electron chi connectivity index (χ2n) is 10.8. The Balaban J connectivity index is 1.58. The van der Waals surface area contributed by atoms with E-state index < -0.39 is 10.6 Å². The van der Waals surface area contributed by atoms with Gasteiger partial charge in [0.1, 0.15) is 0 Å². The molecule has 0 bridgehead atoms. The first-order valence-electron chi connectivity index (χ1n) is 14.4. The number of halogens is 2. The summed E-state index contributed by atoms with van der Waals surface area (Å²) in [5.74, 6) is 0. The van der Waals surface area contributed by atoms with Gasteiger partial charge in [-0.15, -0.1) is 0 Å². The molecule has 0 fully saturated rings. The van der Waals surface area contributed by atoms with Crippen molar-refractivity contribution < 1.29 is 0 Å². The fourth-order valence-electron chi connectivity index (χ4n) is 6.16. The first-order chi connectivity index (χ1) is 21.0. The second-order valence-corrected chi connectivity index (χ2v) is 30.5. The summed E-state index contributed by atoms with van der Waals surface area (Å²) in [7, 11) is 0. The van der Waals surface area contributed by atoms with Gasteiger partial charge in [0.05, 0.1) is 0 Å². The number of benzene rings is 6. The van der Waals surface area contributed by atoms with E-state index in [1.165, 1.54) is 31.8 Å². The van der Waals surface area contributed by atoms with Crippen LogP contribution >= 0.6 is 53.4 Å². The SMILES string of the molecule is BrP(CSCP(Br)(c1ccccc1)(c1ccccc1)c1ccccc1)(c1ccccc1)(c1ccccc1)c1ccccc1. The van der Waals surface area contributed by atoms with E-state index in [4.69, 9.17) is 0 Å². The summed E-state index contributed by atoms with van der Waals surface area (Å²) < 4.78 is 0. The zero-order valence-corrected chi connectivity index (χ0v) is 29.6. The van der Waals surface area contributed by atoms with Crippen molar-refractivity contribution in [1.82, 2.24) is 0 Å². The summed E-state index contributed by atoms with van der Waals surface area (Å²) in [4.78, 5) is 0. The van der Waals surface area contributed by atoms with Gasteiger partial charge in [-0.25, -0.2) is 0 Å². The molecule has 0 aromatic heterocycles. The fourth-order valence-corrected chi connectivity index (χ4v) is 27.0. The van der Waals surface area contributed by atoms with E-state index in [1.54, 1.807) is 0 Å². The molecular weight excluding hydrogens is 710 g/mol. The Morgan fingerprint density at radius 2 is 0.465 bits per heavy atom. The van der Waals surface area contributed by atoms with Gasteiger partial charge in [-0.2, -0.15) is 0 Å². The van der Waals surface area contributed by atoms with Crippen molar-refractivity contribution in [2.75, 3.05) is 11.0 Å². The van der Waals surface area contributed by atoms with Crippen molar-refractivity contribution in [1.29, 1.82) is 0 Å². The Kier molecular flexibility index (Phi) is 8.85. The van der Waals surface area contributed by atoms with Crippen molar-refractivity contribution >= 4 is 85.2 Å². The molecule has 0 heterocycles. The van der Waals surface area contributed by atoms with Crippen molar-refractivity contribution in [3.63, 3.8) is 0 Å². The summed E-state index contributed by atoms with van der Waals surface area (Å²) in [5.41, 5.74) is 1.80. The van der Waals surface area contributed by atoms with Gasteiger partial charge in [0.25, 0.3) is 0 Å². The third kappa shape index (κ3) is 5.18. The Labute approximate surface area is 276 Å². The number of thioether (sulfide) groups is 1. The summed E-state index contributed by atoms with van der Waals surface area (Å²) in [6.07, 6.45) is 0. The van der Waals surface area contributed by atoms with Crippen LogP contribution < -0.4 is 31.8 Å². The van der Waals surface area contributed by atoms with Crippen LogP contribution in [-0.4, -0.2) is 11.0 Å². The van der Waals surface area contributed by atoms with E-state index in [2.05, 4.69) is 225 Å². The van der Waals surface area contributed by atoms with Crippen LogP contribution in [-0.2, 0) is 0 Å². The molecule has 0 unspecified atom stereocenters. The van der Waals surface area contributed by atoms with Crippen molar-refractivity contribution in [2.24, 2.45) is 0 Å². The zero-order valence-electron chi connectivity index (χ0n) is 23.8. The zero-order chi connectivity index (χ0) is 29.7. The molecule has 0 atom stereocenters. The molecule has 0 N–H and O–H groups in total. The van der Waals surface area contributed by atoms with Crippen LogP contribution in [0.3, 0.4) is 0 Å². The van der Waals surface area contributed by atoms with Crippen LogP contribution in [0.4, 0.5) is 0 Å². The van der Waals surface area contributed by atoms with Gasteiger partial charge >= 0.3 is 278 Å². The topological polar surface area (TPSA) is 0 Å². The minimum absolute atomic E-state index is 0.902. The Bertz CT molecular complexity index is 1440. The summed E-state index contributed by atoms with van der Waals surface area (Å²) in [5, 5.41) is 1.82. The van der Waals surface area contributed by atoms with Gasteiger partial charge in [-0.05, 0) is 0 Å². The van der Waals surface area contributed by atoms with Gasteiger partial charge in [-0.3, -0.25) is 0 Å². The Morgan fingerprint density at radius 1 is 0.302 bits per heavy atom. The molecule has 0 saturated heterocycles. The average molecular weight is 745 g/mol. The Hall–Kier alpha value is -2.51. The van der Waals surface area contributed by atoms with E-state index in [-0.39, 0.29) is 0 Å². The molecule has 0 spiro atoms. The molecule has 216 valence electrons. The predicted molar refractivity (Wildman–Crippen MR) is 205 cm³/mol. The molecule has 0 saturated carbocycles. The monoisotopic (exact) mass is 742 g/mol. The molecule has 6 rings (SSSR count). The maximum atomic E-state index is 4.68. The number of hydrogen-bond acceptors (Lipinski definition) is 1. The predicted octanol–water partition coefficient (Wildman–Crippen LogP) is 9.31. The molecule has 0 aliphatic heterocycles. The molecule has 0 nitrogen and oxygen atoms in total. The molecule has 0 amide bonds. The fraction of sp³-hybridized carbons (Fsp3) is 0.0526. The molecule has 5 heteroatoms. The normalized spacial score (nSPS) is 13.7. The molecule has 6 aromatic carbocycles. The maximum absolute atomic E-state index is 4.68. The van der Waals surface area contributed by atoms with Crippen LogP contribution in [0.2, 0.25) is 0 Å². The third-order valence-corrected chi connectivity index (χ3v) is 33.1. The van der Waals surface area contributed by atoms with Gasteiger partial charge < -0.3 is 0 Å². The van der Waals surface area contributed by atoms with Crippen LogP contribution in [0.25, 0.3) is 0 Å². The van der Waals surface area contributed by atoms with Gasteiger partial charge in [0.2, 0.25) is 0 Å². The molecule has 0 aliphatic rings. The van der Waals surface area contributed by atoms with Crippen molar-refractivity contribution in [3.05, 3.63) is 182 Å². The first kappa shape index (κ1) is 30.5. The quantitative estimate of drug-likeness (QED) is 0.126. The number of hydrogen-bond donors (Lipinski definition) is 0. The van der Waals surface area contributed by atoms with Crippen molar-refractivity contribution in [3.8, 4) is 0 Å². The molecule has 6 aromatic rings. The molecular formula is C38H34Br2P2S. The van der Waals surface area contributed by atoms with Crippen LogP contribution in [0.15, 0.2) is 182 Å². The van der Waals surface area contributed by atoms with Crippen LogP contribution in [0.5, 0.6) is 0 Å². The third-order valence-electron chi connectivity index (χ3n) is 8.43. The summed E-state index contributed by atoms with van der Waals surface area (Å²) in [6, 6.07) is 66.6.